The summed E-state index contributed by atoms with van der Waals surface area (Å²) in [6.45, 7) is 0. The lowest BCUT2D eigenvalue weighted by atomic mass is 9.68. The predicted molar refractivity (Wildman–Crippen MR) is 66.6 cm³/mol. The quantitative estimate of drug-likeness (QED) is 0.772. The summed E-state index contributed by atoms with van der Waals surface area (Å²) >= 11 is 0. The third kappa shape index (κ3) is 2.26. The SMILES string of the molecule is N#CC1(c2ccc(F)c(B(O)O)c2)CCCCC1. The molecule has 0 heterocycles. The molecule has 0 aliphatic heterocycles. The van der Waals surface area contributed by atoms with Crippen molar-refractivity contribution >= 4 is 12.6 Å². The van der Waals surface area contributed by atoms with E-state index in [1.165, 1.54) is 12.1 Å². The van der Waals surface area contributed by atoms with Crippen molar-refractivity contribution in [2.45, 2.75) is 37.5 Å². The monoisotopic (exact) mass is 247 g/mol. The van der Waals surface area contributed by atoms with Crippen LogP contribution >= 0.6 is 0 Å². The van der Waals surface area contributed by atoms with Crippen molar-refractivity contribution in [2.75, 3.05) is 0 Å². The Hall–Kier alpha value is -1.38. The van der Waals surface area contributed by atoms with Crippen LogP contribution in [-0.4, -0.2) is 17.2 Å². The van der Waals surface area contributed by atoms with E-state index in [0.717, 1.165) is 32.1 Å². The zero-order valence-electron chi connectivity index (χ0n) is 10.1. The molecule has 94 valence electrons. The Balaban J connectivity index is 2.43. The lowest BCUT2D eigenvalue weighted by Crippen LogP contribution is -2.35. The molecule has 1 aromatic carbocycles. The number of rotatable bonds is 2. The lowest BCUT2D eigenvalue weighted by Gasteiger charge is -2.31. The highest BCUT2D eigenvalue weighted by Gasteiger charge is 2.35. The van der Waals surface area contributed by atoms with Crippen LogP contribution < -0.4 is 5.46 Å². The fourth-order valence-corrected chi connectivity index (χ4v) is 2.66. The first kappa shape index (κ1) is 13.1. The van der Waals surface area contributed by atoms with Gasteiger partial charge in [-0.25, -0.2) is 4.39 Å². The Bertz CT molecular complexity index is 478. The Morgan fingerprint density at radius 1 is 1.22 bits per heavy atom. The summed E-state index contributed by atoms with van der Waals surface area (Å²) in [5.74, 6) is -0.655. The van der Waals surface area contributed by atoms with E-state index in [0.29, 0.717) is 5.56 Å². The van der Waals surface area contributed by atoms with Gasteiger partial charge in [-0.15, -0.1) is 0 Å². The third-order valence-electron chi connectivity index (χ3n) is 3.75. The first-order valence-corrected chi connectivity index (χ1v) is 6.16. The fraction of sp³-hybridized carbons (Fsp3) is 0.462. The molecule has 0 bridgehead atoms. The van der Waals surface area contributed by atoms with Crippen molar-refractivity contribution in [1.82, 2.24) is 0 Å². The summed E-state index contributed by atoms with van der Waals surface area (Å²) < 4.78 is 13.4. The van der Waals surface area contributed by atoms with Gasteiger partial charge in [0.25, 0.3) is 0 Å². The largest absolute Gasteiger partial charge is 0.491 e. The maximum absolute atomic E-state index is 13.4. The van der Waals surface area contributed by atoms with E-state index in [1.807, 2.05) is 0 Å². The molecule has 0 unspecified atom stereocenters. The molecule has 3 nitrogen and oxygen atoms in total. The smallest absolute Gasteiger partial charge is 0.423 e. The lowest BCUT2D eigenvalue weighted by molar-refractivity contribution is 0.365. The highest BCUT2D eigenvalue weighted by atomic mass is 19.1. The van der Waals surface area contributed by atoms with E-state index >= 15 is 0 Å². The van der Waals surface area contributed by atoms with E-state index in [9.17, 15) is 9.65 Å². The van der Waals surface area contributed by atoms with Crippen LogP contribution in [0.15, 0.2) is 18.2 Å². The molecule has 2 rings (SSSR count). The minimum Gasteiger partial charge on any atom is -0.423 e. The normalized spacial score (nSPS) is 18.1. The average molecular weight is 247 g/mol. The molecule has 5 heteroatoms. The molecular formula is C13H15BFNO2. The third-order valence-corrected chi connectivity index (χ3v) is 3.75. The maximum Gasteiger partial charge on any atom is 0.491 e. The molecule has 2 N–H and O–H groups in total. The van der Waals surface area contributed by atoms with Crippen molar-refractivity contribution in [2.24, 2.45) is 0 Å². The van der Waals surface area contributed by atoms with Gasteiger partial charge in [-0.1, -0.05) is 31.4 Å². The van der Waals surface area contributed by atoms with E-state index in [1.54, 1.807) is 6.07 Å². The second kappa shape index (κ2) is 5.09. The molecule has 1 aromatic rings. The van der Waals surface area contributed by atoms with Crippen LogP contribution in [-0.2, 0) is 5.41 Å². The Morgan fingerprint density at radius 3 is 2.44 bits per heavy atom. The number of nitrogens with zero attached hydrogens (tertiary/aromatic N) is 1. The van der Waals surface area contributed by atoms with Gasteiger partial charge in [0.2, 0.25) is 0 Å². The predicted octanol–water partition coefficient (Wildman–Crippen LogP) is 1.23. The van der Waals surface area contributed by atoms with Crippen LogP contribution in [0.5, 0.6) is 0 Å². The fourth-order valence-electron chi connectivity index (χ4n) is 2.66. The second-order valence-corrected chi connectivity index (χ2v) is 4.86. The van der Waals surface area contributed by atoms with Crippen LogP contribution in [0.4, 0.5) is 4.39 Å². The van der Waals surface area contributed by atoms with Crippen LogP contribution in [0.2, 0.25) is 0 Å². The van der Waals surface area contributed by atoms with Gasteiger partial charge >= 0.3 is 7.12 Å². The van der Waals surface area contributed by atoms with Gasteiger partial charge in [0.15, 0.2) is 0 Å². The van der Waals surface area contributed by atoms with Crippen molar-refractivity contribution in [3.63, 3.8) is 0 Å². The average Bonchev–Trinajstić information content (AvgIpc) is 2.39. The molecule has 1 saturated carbocycles. The molecule has 0 saturated heterocycles. The van der Waals surface area contributed by atoms with Gasteiger partial charge in [0, 0.05) is 5.46 Å². The number of halogens is 1. The van der Waals surface area contributed by atoms with Crippen molar-refractivity contribution in [3.8, 4) is 6.07 Å². The number of hydrogen-bond acceptors (Lipinski definition) is 3. The Labute approximate surface area is 106 Å². The summed E-state index contributed by atoms with van der Waals surface area (Å²) in [5, 5.41) is 27.7. The Morgan fingerprint density at radius 2 is 1.89 bits per heavy atom. The van der Waals surface area contributed by atoms with Crippen LogP contribution in [0, 0.1) is 17.1 Å². The number of benzene rings is 1. The molecular weight excluding hydrogens is 232 g/mol. The first-order chi connectivity index (χ1) is 8.59. The van der Waals surface area contributed by atoms with Gasteiger partial charge in [-0.05, 0) is 24.5 Å². The maximum atomic E-state index is 13.4. The highest BCUT2D eigenvalue weighted by Crippen LogP contribution is 2.38. The summed E-state index contributed by atoms with van der Waals surface area (Å²) in [7, 11) is -1.84. The summed E-state index contributed by atoms with van der Waals surface area (Å²) in [4.78, 5) is 0. The topological polar surface area (TPSA) is 64.2 Å². The molecule has 0 amide bonds. The molecule has 0 atom stereocenters. The molecule has 1 aliphatic carbocycles. The van der Waals surface area contributed by atoms with Gasteiger partial charge < -0.3 is 10.0 Å². The minimum absolute atomic E-state index is 0.160. The second-order valence-electron chi connectivity index (χ2n) is 4.86. The molecule has 0 aromatic heterocycles. The zero-order valence-corrected chi connectivity index (χ0v) is 10.1. The minimum atomic E-state index is -1.84. The first-order valence-electron chi connectivity index (χ1n) is 6.16. The standard InChI is InChI=1S/C13H15BFNO2/c15-12-5-4-10(8-11(12)14(17)18)13(9-16)6-2-1-3-7-13/h4-5,8,17-18H,1-3,6-7H2. The van der Waals surface area contributed by atoms with Crippen molar-refractivity contribution in [1.29, 1.82) is 5.26 Å². The van der Waals surface area contributed by atoms with Crippen molar-refractivity contribution in [3.05, 3.63) is 29.6 Å². The molecule has 0 radical (unpaired) electrons. The van der Waals surface area contributed by atoms with Gasteiger partial charge in [-0.2, -0.15) is 5.26 Å². The summed E-state index contributed by atoms with van der Waals surface area (Å²) in [6.07, 6.45) is 4.55. The van der Waals surface area contributed by atoms with E-state index in [4.69, 9.17) is 10.0 Å². The van der Waals surface area contributed by atoms with Gasteiger partial charge in [0.1, 0.15) is 5.82 Å². The molecule has 1 fully saturated rings. The van der Waals surface area contributed by atoms with Crippen LogP contribution in [0.3, 0.4) is 0 Å². The number of hydrogen-bond donors (Lipinski definition) is 2. The van der Waals surface area contributed by atoms with Crippen LogP contribution in [0.1, 0.15) is 37.7 Å². The van der Waals surface area contributed by atoms with E-state index in [2.05, 4.69) is 6.07 Å². The molecule has 18 heavy (non-hydrogen) atoms. The molecule has 0 spiro atoms. The highest BCUT2D eigenvalue weighted by molar-refractivity contribution is 6.58. The number of nitriles is 1. The van der Waals surface area contributed by atoms with Gasteiger partial charge in [0.05, 0.1) is 11.5 Å². The summed E-state index contributed by atoms with van der Waals surface area (Å²) in [5.41, 5.74) is -0.0721. The van der Waals surface area contributed by atoms with Gasteiger partial charge in [-0.3, -0.25) is 0 Å². The van der Waals surface area contributed by atoms with Crippen molar-refractivity contribution < 1.29 is 14.4 Å². The zero-order chi connectivity index (χ0) is 13.2. The van der Waals surface area contributed by atoms with Crippen LogP contribution in [0.25, 0.3) is 0 Å². The molecule has 1 aliphatic rings. The Kier molecular flexibility index (Phi) is 3.69. The summed E-state index contributed by atoms with van der Waals surface area (Å²) in [6, 6.07) is 6.53. The van der Waals surface area contributed by atoms with E-state index in [-0.39, 0.29) is 5.46 Å². The van der Waals surface area contributed by atoms with E-state index < -0.39 is 18.4 Å².